The highest BCUT2D eigenvalue weighted by molar-refractivity contribution is 5.88. The highest BCUT2D eigenvalue weighted by Crippen LogP contribution is 2.75. The van der Waals surface area contributed by atoms with E-state index < -0.39 is 5.97 Å². The second-order valence-corrected chi connectivity index (χ2v) is 16.5. The third kappa shape index (κ3) is 5.16. The van der Waals surface area contributed by atoms with Gasteiger partial charge >= 0.3 is 12.0 Å². The van der Waals surface area contributed by atoms with Crippen LogP contribution in [0.1, 0.15) is 115 Å². The summed E-state index contributed by atoms with van der Waals surface area (Å²) in [5.74, 6) is 2.26. The van der Waals surface area contributed by atoms with E-state index in [4.69, 9.17) is 0 Å². The molecule has 1 aromatic carbocycles. The Morgan fingerprint density at radius 2 is 1.63 bits per heavy atom. The molecule has 5 aliphatic carbocycles. The molecule has 5 fully saturated rings. The van der Waals surface area contributed by atoms with Crippen molar-refractivity contribution in [3.63, 3.8) is 0 Å². The molecular formula is C40H59N3O3. The van der Waals surface area contributed by atoms with Gasteiger partial charge in [0, 0.05) is 31.7 Å². The summed E-state index contributed by atoms with van der Waals surface area (Å²) in [6.07, 6.45) is 16.6. The van der Waals surface area contributed by atoms with Gasteiger partial charge in [0.1, 0.15) is 0 Å². The number of amides is 2. The quantitative estimate of drug-likeness (QED) is 0.293. The van der Waals surface area contributed by atoms with Gasteiger partial charge in [-0.05, 0) is 134 Å². The summed E-state index contributed by atoms with van der Waals surface area (Å²) in [7, 11) is 0. The molecule has 8 unspecified atom stereocenters. The lowest BCUT2D eigenvalue weighted by molar-refractivity contribution is -0.210. The third-order valence-electron chi connectivity index (χ3n) is 14.8. The van der Waals surface area contributed by atoms with Crippen LogP contribution < -0.4 is 10.6 Å². The van der Waals surface area contributed by atoms with Gasteiger partial charge in [0.2, 0.25) is 0 Å². The predicted molar refractivity (Wildman–Crippen MR) is 187 cm³/mol. The molecule has 6 aliphatic rings. The maximum atomic E-state index is 13.5. The molecule has 46 heavy (non-hydrogen) atoms. The lowest BCUT2D eigenvalue weighted by atomic mass is 9.34. The van der Waals surface area contributed by atoms with E-state index in [0.717, 1.165) is 45.4 Å². The van der Waals surface area contributed by atoms with Crippen molar-refractivity contribution in [2.24, 2.45) is 45.8 Å². The van der Waals surface area contributed by atoms with Crippen LogP contribution >= 0.6 is 0 Å². The number of carboxylic acid groups (broad SMARTS) is 1. The summed E-state index contributed by atoms with van der Waals surface area (Å²) in [4.78, 5) is 27.0. The molecule has 4 saturated carbocycles. The zero-order valence-electron chi connectivity index (χ0n) is 29.2. The molecular weight excluding hydrogens is 570 g/mol. The van der Waals surface area contributed by atoms with Gasteiger partial charge in [-0.1, -0.05) is 58.4 Å². The number of carbonyl (C=O) groups excluding carboxylic acids is 1. The van der Waals surface area contributed by atoms with Gasteiger partial charge in [-0.25, -0.2) is 9.59 Å². The summed E-state index contributed by atoms with van der Waals surface area (Å²) in [5.41, 5.74) is 3.86. The number of carboxylic acids is 1. The van der Waals surface area contributed by atoms with Gasteiger partial charge in [-0.3, -0.25) is 0 Å². The van der Waals surface area contributed by atoms with Crippen molar-refractivity contribution in [3.8, 4) is 0 Å². The second-order valence-electron chi connectivity index (χ2n) is 16.5. The van der Waals surface area contributed by atoms with Gasteiger partial charge in [-0.2, -0.15) is 0 Å². The summed E-state index contributed by atoms with van der Waals surface area (Å²) in [6.45, 7) is 19.1. The smallest absolute Gasteiger partial charge is 0.335 e. The van der Waals surface area contributed by atoms with Crippen molar-refractivity contribution in [1.29, 1.82) is 0 Å². The SMILES string of the molecule is C=CC.CC1C(c2ccc(C(=O)O)cc2)=CCC2(C)C1CCC1(C)C2CCC2C3CCCC3(NC(=O)N3CCNCC3)CC[C@]21C. The first-order chi connectivity index (χ1) is 21.9. The van der Waals surface area contributed by atoms with Crippen LogP contribution in [-0.4, -0.2) is 53.7 Å². The second kappa shape index (κ2) is 12.5. The first-order valence-electron chi connectivity index (χ1n) is 18.3. The number of carbonyl (C=O) groups is 2. The first kappa shape index (κ1) is 33.3. The average Bonchev–Trinajstić information content (AvgIpc) is 3.46. The van der Waals surface area contributed by atoms with Crippen LogP contribution in [0.15, 0.2) is 43.0 Å². The minimum absolute atomic E-state index is 0.0103. The molecule has 0 bridgehead atoms. The number of urea groups is 1. The third-order valence-corrected chi connectivity index (χ3v) is 14.8. The van der Waals surface area contributed by atoms with E-state index in [-0.39, 0.29) is 17.0 Å². The van der Waals surface area contributed by atoms with Gasteiger partial charge in [0.25, 0.3) is 0 Å². The van der Waals surface area contributed by atoms with Crippen LogP contribution in [-0.2, 0) is 0 Å². The molecule has 0 aromatic heterocycles. The van der Waals surface area contributed by atoms with E-state index >= 15 is 0 Å². The van der Waals surface area contributed by atoms with Crippen LogP contribution in [0.5, 0.6) is 0 Å². The lowest BCUT2D eigenvalue weighted by Gasteiger charge is -2.71. The summed E-state index contributed by atoms with van der Waals surface area (Å²) < 4.78 is 0. The molecule has 2 amide bonds. The van der Waals surface area contributed by atoms with E-state index in [1.807, 2.05) is 24.0 Å². The van der Waals surface area contributed by atoms with E-state index in [0.29, 0.717) is 46.0 Å². The van der Waals surface area contributed by atoms with Crippen LogP contribution in [0.3, 0.4) is 0 Å². The highest BCUT2D eigenvalue weighted by atomic mass is 16.4. The van der Waals surface area contributed by atoms with E-state index in [1.165, 1.54) is 56.1 Å². The van der Waals surface area contributed by atoms with Gasteiger partial charge in [0.15, 0.2) is 0 Å². The standard InChI is InChI=1S/C37H53N3O3.C3H6/c1-24-27(25-7-9-26(10-8-25)32(41)42)13-16-34(2)28(24)14-17-36(4)31(34)12-11-29-30-6-5-15-37(30,19-18-35(29,36)3)39-33(43)40-22-20-38-21-23-40;1-3-2/h7-10,13,24,28-31,38H,5-6,11-12,14-23H2,1-4H3,(H,39,43)(H,41,42);3H,1H2,2H3/t24?,28?,29?,30?,31?,34?,35-,36?,37?;/m1./s1. The molecule has 1 saturated heterocycles. The minimum atomic E-state index is -0.861. The number of piperazine rings is 1. The number of fused-ring (bicyclic) bond motifs is 7. The first-order valence-corrected chi connectivity index (χ1v) is 18.3. The van der Waals surface area contributed by atoms with Crippen molar-refractivity contribution in [2.75, 3.05) is 26.2 Å². The maximum absolute atomic E-state index is 13.5. The predicted octanol–water partition coefficient (Wildman–Crippen LogP) is 8.40. The molecule has 6 heteroatoms. The Hall–Kier alpha value is -2.60. The van der Waals surface area contributed by atoms with Crippen molar-refractivity contribution in [1.82, 2.24) is 15.5 Å². The highest BCUT2D eigenvalue weighted by Gasteiger charge is 2.68. The van der Waals surface area contributed by atoms with E-state index in [9.17, 15) is 14.7 Å². The summed E-state index contributed by atoms with van der Waals surface area (Å²) >= 11 is 0. The Kier molecular flexibility index (Phi) is 9.01. The van der Waals surface area contributed by atoms with E-state index in [1.54, 1.807) is 18.2 Å². The molecule has 252 valence electrons. The summed E-state index contributed by atoms with van der Waals surface area (Å²) in [5, 5.41) is 16.5. The van der Waals surface area contributed by atoms with Crippen LogP contribution in [0.25, 0.3) is 5.57 Å². The van der Waals surface area contributed by atoms with E-state index in [2.05, 4.69) is 51.0 Å². The van der Waals surface area contributed by atoms with Crippen molar-refractivity contribution < 1.29 is 14.7 Å². The van der Waals surface area contributed by atoms with Gasteiger partial charge in [0.05, 0.1) is 5.56 Å². The molecule has 1 aromatic rings. The zero-order chi connectivity index (χ0) is 32.9. The minimum Gasteiger partial charge on any atom is -0.478 e. The Morgan fingerprint density at radius 3 is 2.30 bits per heavy atom. The van der Waals surface area contributed by atoms with Crippen LogP contribution in [0.4, 0.5) is 4.79 Å². The monoisotopic (exact) mass is 629 g/mol. The summed E-state index contributed by atoms with van der Waals surface area (Å²) in [6, 6.07) is 7.74. The van der Waals surface area contributed by atoms with Gasteiger partial charge < -0.3 is 20.6 Å². The molecule has 1 heterocycles. The molecule has 3 N–H and O–H groups in total. The Labute approximate surface area is 277 Å². The maximum Gasteiger partial charge on any atom is 0.335 e. The largest absolute Gasteiger partial charge is 0.478 e. The van der Waals surface area contributed by atoms with Crippen LogP contribution in [0.2, 0.25) is 0 Å². The number of aromatic carboxylic acids is 1. The number of benzene rings is 1. The Balaban J connectivity index is 0.00000119. The van der Waals surface area contributed by atoms with Gasteiger partial charge in [-0.15, -0.1) is 6.58 Å². The van der Waals surface area contributed by atoms with Crippen molar-refractivity contribution in [3.05, 3.63) is 54.1 Å². The van der Waals surface area contributed by atoms with Crippen molar-refractivity contribution in [2.45, 2.75) is 104 Å². The molecule has 9 atom stereocenters. The van der Waals surface area contributed by atoms with Crippen LogP contribution in [0, 0.1) is 45.8 Å². The molecule has 1 aliphatic heterocycles. The van der Waals surface area contributed by atoms with Crippen molar-refractivity contribution >= 4 is 17.6 Å². The number of rotatable bonds is 3. The Morgan fingerprint density at radius 1 is 0.935 bits per heavy atom. The zero-order valence-corrected chi connectivity index (χ0v) is 29.2. The molecule has 7 rings (SSSR count). The fraction of sp³-hybridized carbons (Fsp3) is 0.700. The topological polar surface area (TPSA) is 81.7 Å². The number of nitrogens with one attached hydrogen (secondary N) is 2. The molecule has 0 radical (unpaired) electrons. The lowest BCUT2D eigenvalue weighted by Crippen LogP contribution is -2.68. The fourth-order valence-corrected chi connectivity index (χ4v) is 12.4. The average molecular weight is 630 g/mol. The normalized spacial score (nSPS) is 41.3. The molecule has 6 nitrogen and oxygen atoms in total. The molecule has 0 spiro atoms. The fourth-order valence-electron chi connectivity index (χ4n) is 12.4. The Bertz CT molecular complexity index is 1350. The number of allylic oxidation sites excluding steroid dienone is 3. The number of nitrogens with zero attached hydrogens (tertiary/aromatic N) is 1. The number of hydrogen-bond donors (Lipinski definition) is 3. The number of hydrogen-bond acceptors (Lipinski definition) is 3.